The van der Waals surface area contributed by atoms with E-state index in [-0.39, 0.29) is 5.91 Å². The number of benzene rings is 1. The number of hydrogen-bond donors (Lipinski definition) is 1. The number of thioether (sulfide) groups is 1. The zero-order valence-electron chi connectivity index (χ0n) is 11.2. The van der Waals surface area contributed by atoms with E-state index in [1.165, 1.54) is 11.1 Å². The molecule has 5 heteroatoms. The molecule has 1 N–H and O–H groups in total. The Morgan fingerprint density at radius 3 is 2.85 bits per heavy atom. The molecule has 0 unspecified atom stereocenters. The molecular weight excluding hydrogens is 288 g/mol. The molecule has 0 aliphatic heterocycles. The number of aryl methyl sites for hydroxylation is 1. The summed E-state index contributed by atoms with van der Waals surface area (Å²) in [6.07, 6.45) is 1.69. The van der Waals surface area contributed by atoms with Gasteiger partial charge in [-0.3, -0.25) is 4.79 Å². The van der Waals surface area contributed by atoms with Crippen LogP contribution in [0, 0.1) is 6.92 Å². The van der Waals surface area contributed by atoms with Crippen LogP contribution in [0.25, 0.3) is 0 Å². The van der Waals surface area contributed by atoms with E-state index in [4.69, 9.17) is 0 Å². The molecule has 0 bridgehead atoms. The number of nitrogens with one attached hydrogen (secondary N) is 1. The maximum absolute atomic E-state index is 11.6. The topological polar surface area (TPSA) is 41.5 Å². The van der Waals surface area contributed by atoms with Crippen LogP contribution in [-0.4, -0.2) is 17.9 Å². The molecule has 1 aromatic heterocycles. The largest absolute Gasteiger partial charge is 0.272 e. The molecule has 2 aromatic rings. The van der Waals surface area contributed by atoms with Gasteiger partial charge in [-0.1, -0.05) is 30.3 Å². The minimum Gasteiger partial charge on any atom is -0.272 e. The van der Waals surface area contributed by atoms with Crippen molar-refractivity contribution in [3.8, 4) is 0 Å². The average molecular weight is 304 g/mol. The van der Waals surface area contributed by atoms with Crippen molar-refractivity contribution in [2.24, 2.45) is 5.10 Å². The highest BCUT2D eigenvalue weighted by molar-refractivity contribution is 7.99. The van der Waals surface area contributed by atoms with Crippen molar-refractivity contribution in [3.05, 3.63) is 57.8 Å². The second-order valence-corrected chi connectivity index (χ2v) is 6.17. The third-order valence-corrected chi connectivity index (χ3v) is 4.57. The Balaban J connectivity index is 1.68. The Morgan fingerprint density at radius 2 is 2.15 bits per heavy atom. The van der Waals surface area contributed by atoms with Crippen molar-refractivity contribution in [2.75, 3.05) is 5.75 Å². The average Bonchev–Trinajstić information content (AvgIpc) is 2.86. The number of carbonyl (C=O) groups excluding carboxylic acids is 1. The minimum absolute atomic E-state index is 0.0728. The standard InChI is InChI=1S/C15H16N2OS2/c1-12-7-8-20-14(12)9-16-17-15(18)11-19-10-13-5-3-2-4-6-13/h2-9H,10-11H2,1H3,(H,17,18)/b16-9+. The Morgan fingerprint density at radius 1 is 1.35 bits per heavy atom. The summed E-state index contributed by atoms with van der Waals surface area (Å²) in [7, 11) is 0. The lowest BCUT2D eigenvalue weighted by Gasteiger charge is -2.01. The number of nitrogens with zero attached hydrogens (tertiary/aromatic N) is 1. The van der Waals surface area contributed by atoms with Crippen LogP contribution in [0.5, 0.6) is 0 Å². The second kappa shape index (κ2) is 7.87. The zero-order chi connectivity index (χ0) is 14.2. The van der Waals surface area contributed by atoms with Crippen molar-refractivity contribution in [3.63, 3.8) is 0 Å². The van der Waals surface area contributed by atoms with Gasteiger partial charge in [0.15, 0.2) is 0 Å². The van der Waals surface area contributed by atoms with Gasteiger partial charge in [0, 0.05) is 10.6 Å². The summed E-state index contributed by atoms with van der Waals surface area (Å²) in [4.78, 5) is 12.7. The van der Waals surface area contributed by atoms with Crippen LogP contribution in [0.15, 0.2) is 46.9 Å². The molecule has 0 fully saturated rings. The normalized spacial score (nSPS) is 10.8. The van der Waals surface area contributed by atoms with Crippen LogP contribution < -0.4 is 5.43 Å². The first-order valence-electron chi connectivity index (χ1n) is 6.23. The Bertz CT molecular complexity index is 579. The molecule has 0 saturated heterocycles. The van der Waals surface area contributed by atoms with Gasteiger partial charge in [0.05, 0.1) is 12.0 Å². The van der Waals surface area contributed by atoms with Gasteiger partial charge >= 0.3 is 0 Å². The summed E-state index contributed by atoms with van der Waals surface area (Å²) in [6.45, 7) is 2.02. The van der Waals surface area contributed by atoms with Gasteiger partial charge in [-0.25, -0.2) is 5.43 Å². The van der Waals surface area contributed by atoms with Crippen molar-refractivity contribution < 1.29 is 4.79 Å². The highest BCUT2D eigenvalue weighted by atomic mass is 32.2. The molecule has 0 aliphatic carbocycles. The fourth-order valence-corrected chi connectivity index (χ4v) is 3.11. The van der Waals surface area contributed by atoms with Gasteiger partial charge < -0.3 is 0 Å². The predicted molar refractivity (Wildman–Crippen MR) is 87.4 cm³/mol. The van der Waals surface area contributed by atoms with Crippen molar-refractivity contribution in [1.82, 2.24) is 5.43 Å². The van der Waals surface area contributed by atoms with E-state index in [1.54, 1.807) is 29.3 Å². The van der Waals surface area contributed by atoms with Crippen LogP contribution in [-0.2, 0) is 10.5 Å². The van der Waals surface area contributed by atoms with E-state index in [0.717, 1.165) is 10.6 Å². The molecule has 0 saturated carbocycles. The third kappa shape index (κ3) is 4.83. The first-order chi connectivity index (χ1) is 9.75. The second-order valence-electron chi connectivity index (χ2n) is 4.24. The molecular formula is C15H16N2OS2. The quantitative estimate of drug-likeness (QED) is 0.656. The van der Waals surface area contributed by atoms with Gasteiger partial charge in [-0.05, 0) is 29.5 Å². The highest BCUT2D eigenvalue weighted by Gasteiger charge is 2.01. The van der Waals surface area contributed by atoms with Gasteiger partial charge in [-0.2, -0.15) is 5.10 Å². The number of rotatable bonds is 6. The van der Waals surface area contributed by atoms with Crippen molar-refractivity contribution >= 4 is 35.2 Å². The smallest absolute Gasteiger partial charge is 0.250 e. The van der Waals surface area contributed by atoms with Crippen LogP contribution in [0.3, 0.4) is 0 Å². The molecule has 20 heavy (non-hydrogen) atoms. The van der Waals surface area contributed by atoms with E-state index in [2.05, 4.69) is 22.7 Å². The first kappa shape index (κ1) is 14.8. The Kier molecular flexibility index (Phi) is 5.83. The van der Waals surface area contributed by atoms with E-state index in [9.17, 15) is 4.79 Å². The molecule has 3 nitrogen and oxygen atoms in total. The van der Waals surface area contributed by atoms with Crippen molar-refractivity contribution in [1.29, 1.82) is 0 Å². The fourth-order valence-electron chi connectivity index (χ4n) is 1.55. The summed E-state index contributed by atoms with van der Waals surface area (Å²) < 4.78 is 0. The number of carbonyl (C=O) groups is 1. The molecule has 0 atom stereocenters. The van der Waals surface area contributed by atoms with E-state index in [1.807, 2.05) is 36.6 Å². The van der Waals surface area contributed by atoms with Gasteiger partial charge in [0.2, 0.25) is 5.91 Å². The lowest BCUT2D eigenvalue weighted by molar-refractivity contribution is -0.118. The molecule has 104 valence electrons. The SMILES string of the molecule is Cc1ccsc1/C=N/NC(=O)CSCc1ccccc1. The molecule has 1 aromatic carbocycles. The van der Waals surface area contributed by atoms with E-state index in [0.29, 0.717) is 5.75 Å². The summed E-state index contributed by atoms with van der Waals surface area (Å²) >= 11 is 3.19. The highest BCUT2D eigenvalue weighted by Crippen LogP contribution is 2.12. The van der Waals surface area contributed by atoms with Gasteiger partial charge in [0.25, 0.3) is 0 Å². The monoisotopic (exact) mass is 304 g/mol. The number of hydrogen-bond acceptors (Lipinski definition) is 4. The summed E-state index contributed by atoms with van der Waals surface area (Å²) in [6, 6.07) is 12.1. The predicted octanol–water partition coefficient (Wildman–Crippen LogP) is 3.44. The van der Waals surface area contributed by atoms with Crippen LogP contribution in [0.1, 0.15) is 16.0 Å². The van der Waals surface area contributed by atoms with Gasteiger partial charge in [0.1, 0.15) is 0 Å². The minimum atomic E-state index is -0.0728. The Labute approximate surface area is 127 Å². The van der Waals surface area contributed by atoms with E-state index >= 15 is 0 Å². The Hall–Kier alpha value is -1.59. The summed E-state index contributed by atoms with van der Waals surface area (Å²) in [5.41, 5.74) is 4.95. The van der Waals surface area contributed by atoms with Gasteiger partial charge in [-0.15, -0.1) is 23.1 Å². The summed E-state index contributed by atoms with van der Waals surface area (Å²) in [5.74, 6) is 1.17. The molecule has 1 heterocycles. The summed E-state index contributed by atoms with van der Waals surface area (Å²) in [5, 5.41) is 5.98. The molecule has 0 aliphatic rings. The fraction of sp³-hybridized carbons (Fsp3) is 0.200. The maximum atomic E-state index is 11.6. The maximum Gasteiger partial charge on any atom is 0.250 e. The van der Waals surface area contributed by atoms with Crippen LogP contribution in [0.4, 0.5) is 0 Å². The molecule has 1 amide bonds. The molecule has 0 radical (unpaired) electrons. The lowest BCUT2D eigenvalue weighted by atomic mass is 10.2. The van der Waals surface area contributed by atoms with Crippen molar-refractivity contribution in [2.45, 2.75) is 12.7 Å². The lowest BCUT2D eigenvalue weighted by Crippen LogP contribution is -2.19. The zero-order valence-corrected chi connectivity index (χ0v) is 12.8. The van der Waals surface area contributed by atoms with E-state index < -0.39 is 0 Å². The van der Waals surface area contributed by atoms with Crippen LogP contribution in [0.2, 0.25) is 0 Å². The first-order valence-corrected chi connectivity index (χ1v) is 8.27. The molecule has 2 rings (SSSR count). The third-order valence-electron chi connectivity index (χ3n) is 2.62. The van der Waals surface area contributed by atoms with Crippen LogP contribution >= 0.6 is 23.1 Å². The molecule has 0 spiro atoms. The number of amides is 1. The number of hydrazone groups is 1. The number of thiophene rings is 1.